The Bertz CT molecular complexity index is 632. The summed E-state index contributed by atoms with van der Waals surface area (Å²) < 4.78 is 14.1. The van der Waals surface area contributed by atoms with Gasteiger partial charge in [-0.3, -0.25) is 0 Å². The van der Waals surface area contributed by atoms with Crippen molar-refractivity contribution in [1.29, 1.82) is 0 Å². The molecular formula is C16H15BrFNO. The fourth-order valence-electron chi connectivity index (χ4n) is 2.66. The summed E-state index contributed by atoms with van der Waals surface area (Å²) in [6, 6.07) is 12.4. The van der Waals surface area contributed by atoms with E-state index in [1.54, 1.807) is 6.07 Å². The van der Waals surface area contributed by atoms with Gasteiger partial charge in [0, 0.05) is 10.2 Å². The predicted molar refractivity (Wildman–Crippen MR) is 81.2 cm³/mol. The molecule has 0 fully saturated rings. The quantitative estimate of drug-likeness (QED) is 0.867. The number of rotatable bonds is 2. The van der Waals surface area contributed by atoms with Crippen LogP contribution in [0.25, 0.3) is 0 Å². The lowest BCUT2D eigenvalue weighted by molar-refractivity contribution is 0.148. The van der Waals surface area contributed by atoms with Crippen LogP contribution in [0.1, 0.15) is 23.7 Å². The lowest BCUT2D eigenvalue weighted by atomic mass is 9.92. The second kappa shape index (κ2) is 5.54. The highest BCUT2D eigenvalue weighted by Gasteiger charge is 2.26. The fourth-order valence-corrected chi connectivity index (χ4v) is 3.14. The molecule has 2 aromatic rings. The molecule has 104 valence electrons. The Morgan fingerprint density at radius 3 is 2.90 bits per heavy atom. The predicted octanol–water partition coefficient (Wildman–Crippen LogP) is 4.05. The van der Waals surface area contributed by atoms with E-state index in [1.807, 2.05) is 18.2 Å². The van der Waals surface area contributed by atoms with Gasteiger partial charge in [-0.2, -0.15) is 0 Å². The van der Waals surface area contributed by atoms with Crippen LogP contribution in [0.15, 0.2) is 46.9 Å². The molecule has 0 bridgehead atoms. The van der Waals surface area contributed by atoms with E-state index in [4.69, 9.17) is 0 Å². The first kappa shape index (κ1) is 13.6. The van der Waals surface area contributed by atoms with Crippen molar-refractivity contribution in [3.05, 3.63) is 63.9 Å². The van der Waals surface area contributed by atoms with Crippen LogP contribution in [-0.4, -0.2) is 11.1 Å². The highest BCUT2D eigenvalue weighted by Crippen LogP contribution is 2.33. The third kappa shape index (κ3) is 2.58. The van der Waals surface area contributed by atoms with Crippen molar-refractivity contribution in [2.75, 3.05) is 5.32 Å². The van der Waals surface area contributed by atoms with Crippen molar-refractivity contribution in [2.45, 2.75) is 25.0 Å². The molecule has 0 amide bonds. The molecular weight excluding hydrogens is 321 g/mol. The summed E-state index contributed by atoms with van der Waals surface area (Å²) in [6.07, 6.45) is 0.993. The molecule has 0 saturated heterocycles. The van der Waals surface area contributed by atoms with Gasteiger partial charge in [0.25, 0.3) is 0 Å². The molecule has 1 aliphatic rings. The van der Waals surface area contributed by atoms with Gasteiger partial charge in [0.05, 0.1) is 6.04 Å². The summed E-state index contributed by atoms with van der Waals surface area (Å²) in [5, 5.41) is 13.9. The topological polar surface area (TPSA) is 32.3 Å². The first-order valence-electron chi connectivity index (χ1n) is 6.62. The number of hydrogen-bond donors (Lipinski definition) is 2. The number of hydrogen-bond acceptors (Lipinski definition) is 2. The van der Waals surface area contributed by atoms with E-state index in [2.05, 4.69) is 27.3 Å². The van der Waals surface area contributed by atoms with Gasteiger partial charge in [-0.05, 0) is 48.2 Å². The molecule has 2 nitrogen and oxygen atoms in total. The van der Waals surface area contributed by atoms with Crippen LogP contribution < -0.4 is 5.32 Å². The summed E-state index contributed by atoms with van der Waals surface area (Å²) in [7, 11) is 0. The van der Waals surface area contributed by atoms with Gasteiger partial charge in [-0.25, -0.2) is 4.39 Å². The second-order valence-corrected chi connectivity index (χ2v) is 5.91. The molecule has 0 aliphatic carbocycles. The molecule has 1 heterocycles. The lowest BCUT2D eigenvalue weighted by Gasteiger charge is -2.31. The zero-order valence-corrected chi connectivity index (χ0v) is 12.4. The Kier molecular flexibility index (Phi) is 3.76. The van der Waals surface area contributed by atoms with Crippen LogP contribution >= 0.6 is 15.9 Å². The molecule has 0 aromatic heterocycles. The summed E-state index contributed by atoms with van der Waals surface area (Å²) in [5.74, 6) is -0.335. The van der Waals surface area contributed by atoms with Crippen molar-refractivity contribution < 1.29 is 9.50 Å². The Morgan fingerprint density at radius 2 is 2.05 bits per heavy atom. The summed E-state index contributed by atoms with van der Waals surface area (Å²) in [4.78, 5) is 0. The molecule has 0 saturated carbocycles. The highest BCUT2D eigenvalue weighted by atomic mass is 79.9. The average molecular weight is 336 g/mol. The Hall–Kier alpha value is -1.39. The maximum atomic E-state index is 13.4. The van der Waals surface area contributed by atoms with Crippen molar-refractivity contribution in [1.82, 2.24) is 0 Å². The summed E-state index contributed by atoms with van der Waals surface area (Å²) in [5.41, 5.74) is 2.89. The number of aliphatic hydroxyl groups is 1. The second-order valence-electron chi connectivity index (χ2n) is 5.06. The van der Waals surface area contributed by atoms with E-state index < -0.39 is 6.10 Å². The normalized spacial score (nSPS) is 19.1. The van der Waals surface area contributed by atoms with E-state index in [9.17, 15) is 9.50 Å². The number of aliphatic hydroxyl groups excluding tert-OH is 1. The first-order valence-corrected chi connectivity index (χ1v) is 7.42. The largest absolute Gasteiger partial charge is 0.386 e. The summed E-state index contributed by atoms with van der Waals surface area (Å²) >= 11 is 3.37. The van der Waals surface area contributed by atoms with E-state index in [0.717, 1.165) is 23.0 Å². The first-order chi connectivity index (χ1) is 9.65. The van der Waals surface area contributed by atoms with Gasteiger partial charge in [0.2, 0.25) is 0 Å². The van der Waals surface area contributed by atoms with Crippen LogP contribution in [0, 0.1) is 5.82 Å². The number of aryl methyl sites for hydroxylation is 1. The van der Waals surface area contributed by atoms with Crippen LogP contribution in [0.2, 0.25) is 0 Å². The third-order valence-corrected chi connectivity index (χ3v) is 4.46. The van der Waals surface area contributed by atoms with Crippen molar-refractivity contribution in [3.63, 3.8) is 0 Å². The molecule has 1 aliphatic heterocycles. The van der Waals surface area contributed by atoms with Crippen LogP contribution in [0.5, 0.6) is 0 Å². The molecule has 20 heavy (non-hydrogen) atoms. The van der Waals surface area contributed by atoms with Crippen LogP contribution in [0.4, 0.5) is 10.1 Å². The molecule has 0 radical (unpaired) electrons. The molecule has 2 atom stereocenters. The minimum atomic E-state index is -0.742. The van der Waals surface area contributed by atoms with E-state index >= 15 is 0 Å². The van der Waals surface area contributed by atoms with Crippen molar-refractivity contribution in [3.8, 4) is 0 Å². The number of benzene rings is 2. The lowest BCUT2D eigenvalue weighted by Crippen LogP contribution is -2.31. The zero-order valence-electron chi connectivity index (χ0n) is 10.8. The number of anilines is 1. The monoisotopic (exact) mass is 335 g/mol. The van der Waals surface area contributed by atoms with Crippen LogP contribution in [-0.2, 0) is 6.42 Å². The molecule has 0 spiro atoms. The fraction of sp³-hybridized carbons (Fsp3) is 0.250. The van der Waals surface area contributed by atoms with Gasteiger partial charge in [0.1, 0.15) is 11.9 Å². The van der Waals surface area contributed by atoms with Gasteiger partial charge in [0.15, 0.2) is 0 Å². The maximum absolute atomic E-state index is 13.4. The SMILES string of the molecule is OC(c1cc(F)ccc1Br)C1CCc2ccccc2N1. The van der Waals surface area contributed by atoms with E-state index in [-0.39, 0.29) is 11.9 Å². The van der Waals surface area contributed by atoms with Gasteiger partial charge >= 0.3 is 0 Å². The van der Waals surface area contributed by atoms with Crippen molar-refractivity contribution in [2.24, 2.45) is 0 Å². The zero-order chi connectivity index (χ0) is 14.1. The number of fused-ring (bicyclic) bond motifs is 1. The Morgan fingerprint density at radius 1 is 1.25 bits per heavy atom. The maximum Gasteiger partial charge on any atom is 0.123 e. The standard InChI is InChI=1S/C16H15BrFNO/c17-13-7-6-11(18)9-12(13)16(20)15-8-5-10-3-1-2-4-14(10)19-15/h1-4,6-7,9,15-16,19-20H,5,8H2. The molecule has 2 N–H and O–H groups in total. The smallest absolute Gasteiger partial charge is 0.123 e. The number of para-hydroxylation sites is 1. The van der Waals surface area contributed by atoms with E-state index in [0.29, 0.717) is 5.56 Å². The average Bonchev–Trinajstić information content (AvgIpc) is 2.48. The number of halogens is 2. The number of nitrogens with one attached hydrogen (secondary N) is 1. The van der Waals surface area contributed by atoms with E-state index in [1.165, 1.54) is 17.7 Å². The summed E-state index contributed by atoms with van der Waals surface area (Å²) in [6.45, 7) is 0. The minimum absolute atomic E-state index is 0.108. The molecule has 4 heteroatoms. The molecule has 3 rings (SSSR count). The van der Waals surface area contributed by atoms with Gasteiger partial charge < -0.3 is 10.4 Å². The molecule has 2 unspecified atom stereocenters. The third-order valence-electron chi connectivity index (χ3n) is 3.74. The Labute approximate surface area is 125 Å². The Balaban J connectivity index is 1.85. The highest BCUT2D eigenvalue weighted by molar-refractivity contribution is 9.10. The minimum Gasteiger partial charge on any atom is -0.386 e. The van der Waals surface area contributed by atoms with Gasteiger partial charge in [-0.1, -0.05) is 34.1 Å². The van der Waals surface area contributed by atoms with Crippen LogP contribution in [0.3, 0.4) is 0 Å². The van der Waals surface area contributed by atoms with Gasteiger partial charge in [-0.15, -0.1) is 0 Å². The van der Waals surface area contributed by atoms with Crippen molar-refractivity contribution >= 4 is 21.6 Å². The molecule has 2 aromatic carbocycles.